The van der Waals surface area contributed by atoms with E-state index in [2.05, 4.69) is 118 Å². The monoisotopic (exact) mass is 482 g/mol. The number of nitrogens with zero attached hydrogens (tertiary/aromatic N) is 8. The van der Waals surface area contributed by atoms with Gasteiger partial charge in [-0.25, -0.2) is 20.0 Å². The van der Waals surface area contributed by atoms with Gasteiger partial charge in [-0.15, -0.1) is 0 Å². The molecule has 0 bridgehead atoms. The van der Waals surface area contributed by atoms with Gasteiger partial charge >= 0.3 is 0 Å². The highest BCUT2D eigenvalue weighted by Gasteiger charge is 2.24. The van der Waals surface area contributed by atoms with Crippen molar-refractivity contribution in [1.29, 1.82) is 0 Å². The first-order valence-electron chi connectivity index (χ1n) is 12.7. The third-order valence-electron chi connectivity index (χ3n) is 7.39. The molecule has 0 spiro atoms. The van der Waals surface area contributed by atoms with Gasteiger partial charge < -0.3 is 9.13 Å². The van der Waals surface area contributed by atoms with Crippen LogP contribution in [-0.2, 0) is 14.1 Å². The Morgan fingerprint density at radius 1 is 0.500 bits per heavy atom. The molecule has 4 heterocycles. The van der Waals surface area contributed by atoms with Crippen LogP contribution in [0.1, 0.15) is 12.8 Å². The molecule has 2 aromatic heterocycles. The van der Waals surface area contributed by atoms with Crippen LogP contribution in [0.5, 0.6) is 0 Å². The number of rotatable bonds is 5. The van der Waals surface area contributed by atoms with E-state index in [-0.39, 0.29) is 0 Å². The van der Waals surface area contributed by atoms with Gasteiger partial charge in [0.25, 0.3) is 0 Å². The minimum absolute atomic E-state index is 0.999. The number of hydrogen-bond donors (Lipinski definition) is 0. The molecule has 0 unspecified atom stereocenters. The normalized spacial score (nSPS) is 17.0. The lowest BCUT2D eigenvalue weighted by atomic mass is 10.0. The van der Waals surface area contributed by atoms with Gasteiger partial charge in [-0.05, 0) is 24.0 Å². The first-order chi connectivity index (χ1) is 17.5. The summed E-state index contributed by atoms with van der Waals surface area (Å²) in [6.07, 6.45) is 6.57. The molecule has 0 aliphatic carbocycles. The van der Waals surface area contributed by atoms with Crippen molar-refractivity contribution in [1.82, 2.24) is 29.1 Å². The predicted molar refractivity (Wildman–Crippen MR) is 145 cm³/mol. The van der Waals surface area contributed by atoms with Crippen LogP contribution in [0.2, 0.25) is 0 Å². The largest absolute Gasteiger partial charge is 0.319 e. The number of aryl methyl sites for hydroxylation is 2. The Morgan fingerprint density at radius 2 is 0.861 bits per heavy atom. The molecule has 2 fully saturated rings. The summed E-state index contributed by atoms with van der Waals surface area (Å²) in [6, 6.07) is 17.4. The SMILES string of the molecule is CN1CCCN1c1nc(-c2ccc(-c3ccc(-c4cn(C)c(N5CCCN5C)n4)cc3)cc2)cn1C. The zero-order chi connectivity index (χ0) is 24.8. The number of anilines is 2. The summed E-state index contributed by atoms with van der Waals surface area (Å²) in [5.41, 5.74) is 6.66. The fraction of sp³-hybridized carbons (Fsp3) is 0.357. The van der Waals surface area contributed by atoms with E-state index in [1.54, 1.807) is 0 Å². The van der Waals surface area contributed by atoms with Crippen LogP contribution < -0.4 is 10.0 Å². The minimum Gasteiger partial charge on any atom is -0.319 e. The zero-order valence-corrected chi connectivity index (χ0v) is 21.6. The van der Waals surface area contributed by atoms with Crippen molar-refractivity contribution in [3.63, 3.8) is 0 Å². The third kappa shape index (κ3) is 4.06. The second-order valence-electron chi connectivity index (χ2n) is 9.94. The van der Waals surface area contributed by atoms with Crippen molar-refractivity contribution in [2.24, 2.45) is 14.1 Å². The molecule has 186 valence electrons. The first kappa shape index (κ1) is 22.8. The van der Waals surface area contributed by atoms with Crippen LogP contribution in [-0.4, -0.2) is 69.4 Å². The molecule has 0 N–H and O–H groups in total. The van der Waals surface area contributed by atoms with E-state index in [0.29, 0.717) is 0 Å². The average Bonchev–Trinajstić information content (AvgIpc) is 3.67. The Kier molecular flexibility index (Phi) is 5.78. The zero-order valence-electron chi connectivity index (χ0n) is 21.6. The lowest BCUT2D eigenvalue weighted by Gasteiger charge is -2.24. The lowest BCUT2D eigenvalue weighted by Crippen LogP contribution is -2.34. The van der Waals surface area contributed by atoms with Gasteiger partial charge in [-0.2, -0.15) is 0 Å². The molecule has 0 saturated carbocycles. The average molecular weight is 483 g/mol. The number of hydrazine groups is 2. The number of benzene rings is 2. The van der Waals surface area contributed by atoms with Gasteiger partial charge in [0, 0.05) is 77.9 Å². The van der Waals surface area contributed by atoms with Crippen molar-refractivity contribution in [2.45, 2.75) is 12.8 Å². The third-order valence-corrected chi connectivity index (χ3v) is 7.39. The van der Waals surface area contributed by atoms with Crippen LogP contribution in [0.15, 0.2) is 60.9 Å². The maximum absolute atomic E-state index is 4.93. The highest BCUT2D eigenvalue weighted by molar-refractivity contribution is 5.72. The molecule has 2 aliphatic rings. The highest BCUT2D eigenvalue weighted by Crippen LogP contribution is 2.30. The lowest BCUT2D eigenvalue weighted by molar-refractivity contribution is 0.373. The van der Waals surface area contributed by atoms with Crippen LogP contribution in [0.4, 0.5) is 11.9 Å². The molecule has 2 aliphatic heterocycles. The summed E-state index contributed by atoms with van der Waals surface area (Å²) in [7, 11) is 8.39. The summed E-state index contributed by atoms with van der Waals surface area (Å²) in [5.74, 6) is 2.00. The van der Waals surface area contributed by atoms with Gasteiger partial charge in [0.15, 0.2) is 0 Å². The molecular formula is C28H34N8. The van der Waals surface area contributed by atoms with Gasteiger partial charge in [0.1, 0.15) is 0 Å². The summed E-state index contributed by atoms with van der Waals surface area (Å²) < 4.78 is 4.24. The topological polar surface area (TPSA) is 48.6 Å². The molecule has 2 saturated heterocycles. The molecule has 36 heavy (non-hydrogen) atoms. The first-order valence-corrected chi connectivity index (χ1v) is 12.7. The Labute approximate surface area is 212 Å². The van der Waals surface area contributed by atoms with Gasteiger partial charge in [-0.1, -0.05) is 48.5 Å². The molecule has 6 rings (SSSR count). The number of aromatic nitrogens is 4. The van der Waals surface area contributed by atoms with Crippen molar-refractivity contribution in [2.75, 3.05) is 50.3 Å². The molecule has 8 heteroatoms. The molecule has 0 amide bonds. The molecule has 4 aromatic rings. The smallest absolute Gasteiger partial charge is 0.220 e. The van der Waals surface area contributed by atoms with Crippen molar-refractivity contribution >= 4 is 11.9 Å². The maximum atomic E-state index is 4.93. The van der Waals surface area contributed by atoms with Gasteiger partial charge in [0.2, 0.25) is 11.9 Å². The molecule has 0 radical (unpaired) electrons. The van der Waals surface area contributed by atoms with Crippen molar-refractivity contribution in [3.05, 3.63) is 60.9 Å². The molecular weight excluding hydrogens is 448 g/mol. The fourth-order valence-electron chi connectivity index (χ4n) is 5.32. The van der Waals surface area contributed by atoms with E-state index in [4.69, 9.17) is 9.97 Å². The van der Waals surface area contributed by atoms with E-state index >= 15 is 0 Å². The number of hydrogen-bond acceptors (Lipinski definition) is 6. The Hall–Kier alpha value is -3.62. The number of imidazole rings is 2. The molecule has 0 atom stereocenters. The summed E-state index contributed by atoms with van der Waals surface area (Å²) in [6.45, 7) is 4.19. The van der Waals surface area contributed by atoms with E-state index in [1.807, 2.05) is 0 Å². The summed E-state index contributed by atoms with van der Waals surface area (Å²) in [4.78, 5) is 9.87. The van der Waals surface area contributed by atoms with Crippen LogP contribution in [0, 0.1) is 0 Å². The Bertz CT molecular complexity index is 1250. The second kappa shape index (κ2) is 9.11. The molecule has 8 nitrogen and oxygen atoms in total. The quantitative estimate of drug-likeness (QED) is 0.424. The summed E-state index contributed by atoms with van der Waals surface area (Å²) >= 11 is 0. The van der Waals surface area contributed by atoms with Gasteiger partial charge in [0.05, 0.1) is 11.4 Å². The van der Waals surface area contributed by atoms with Crippen LogP contribution in [0.25, 0.3) is 33.6 Å². The minimum atomic E-state index is 0.999. The molecule has 2 aromatic carbocycles. The van der Waals surface area contributed by atoms with E-state index < -0.39 is 0 Å². The second-order valence-corrected chi connectivity index (χ2v) is 9.94. The van der Waals surface area contributed by atoms with E-state index in [9.17, 15) is 0 Å². The van der Waals surface area contributed by atoms with Gasteiger partial charge in [-0.3, -0.25) is 10.0 Å². The van der Waals surface area contributed by atoms with Crippen molar-refractivity contribution < 1.29 is 0 Å². The van der Waals surface area contributed by atoms with Crippen LogP contribution >= 0.6 is 0 Å². The van der Waals surface area contributed by atoms with E-state index in [0.717, 1.165) is 60.6 Å². The van der Waals surface area contributed by atoms with Crippen LogP contribution in [0.3, 0.4) is 0 Å². The predicted octanol–water partition coefficient (Wildman–Crippen LogP) is 4.27. The Morgan fingerprint density at radius 3 is 1.19 bits per heavy atom. The standard InChI is InChI=1S/C28H34N8/c1-31-19-25(29-27(31)35-17-5-15-33(35)3)23-11-7-21(8-12-23)22-9-13-24(14-10-22)26-20-32(2)28(30-26)36-18-6-16-34(36)4/h7-14,19-20H,5-6,15-18H2,1-4H3. The Balaban J connectivity index is 1.20. The summed E-state index contributed by atoms with van der Waals surface area (Å²) in [5, 5.41) is 9.01. The highest BCUT2D eigenvalue weighted by atomic mass is 15.7. The fourth-order valence-corrected chi connectivity index (χ4v) is 5.32. The van der Waals surface area contributed by atoms with E-state index in [1.165, 1.54) is 24.0 Å². The van der Waals surface area contributed by atoms with Crippen molar-refractivity contribution in [3.8, 4) is 33.6 Å². The maximum Gasteiger partial charge on any atom is 0.220 e.